The first-order valence-corrected chi connectivity index (χ1v) is 3.96. The number of halogens is 1. The fourth-order valence-electron chi connectivity index (χ4n) is 1.10. The van der Waals surface area contributed by atoms with Gasteiger partial charge in [0.25, 0.3) is 0 Å². The fraction of sp³-hybridized carbons (Fsp3) is 0.857. The summed E-state index contributed by atoms with van der Waals surface area (Å²) in [5, 5.41) is 0. The molecule has 1 unspecified atom stereocenters. The normalized spacial score (nSPS) is 33.7. The summed E-state index contributed by atoms with van der Waals surface area (Å²) in [5.41, 5.74) is -0.375. The highest BCUT2D eigenvalue weighted by Crippen LogP contribution is 2.27. The quantitative estimate of drug-likeness (QED) is 0.451. The zero-order valence-electron chi connectivity index (χ0n) is 5.81. The van der Waals surface area contributed by atoms with Crippen molar-refractivity contribution in [3.8, 4) is 0 Å². The number of rotatable bonds is 2. The van der Waals surface area contributed by atoms with Crippen LogP contribution >= 0.6 is 11.6 Å². The number of carbonyl (C=O) groups excluding carboxylic acids is 1. The van der Waals surface area contributed by atoms with Gasteiger partial charge < -0.3 is 9.53 Å². The van der Waals surface area contributed by atoms with Crippen molar-refractivity contribution in [3.63, 3.8) is 0 Å². The first-order valence-electron chi connectivity index (χ1n) is 3.43. The lowest BCUT2D eigenvalue weighted by molar-refractivity contribution is -0.121. The minimum Gasteiger partial charge on any atom is -0.380 e. The molecule has 1 atom stereocenters. The van der Waals surface area contributed by atoms with Crippen molar-refractivity contribution >= 4 is 17.9 Å². The summed E-state index contributed by atoms with van der Waals surface area (Å²) in [4.78, 5) is 10.5. The van der Waals surface area contributed by atoms with E-state index in [1.54, 1.807) is 0 Å². The van der Waals surface area contributed by atoms with Crippen molar-refractivity contribution in [1.82, 2.24) is 0 Å². The first kappa shape index (κ1) is 8.02. The summed E-state index contributed by atoms with van der Waals surface area (Å²) in [7, 11) is 0. The molecular weight excluding hydrogens is 152 g/mol. The molecule has 3 heteroatoms. The molecule has 0 aliphatic carbocycles. The Labute approximate surface area is 65.5 Å². The Kier molecular flexibility index (Phi) is 2.69. The van der Waals surface area contributed by atoms with Crippen LogP contribution in [0.25, 0.3) is 0 Å². The third-order valence-corrected chi connectivity index (χ3v) is 2.40. The Hall–Kier alpha value is -0.0800. The van der Waals surface area contributed by atoms with Crippen LogP contribution in [0.15, 0.2) is 0 Å². The SMILES string of the molecule is O=CC1(CCl)CCCOC1. The summed E-state index contributed by atoms with van der Waals surface area (Å²) in [6.45, 7) is 1.27. The summed E-state index contributed by atoms with van der Waals surface area (Å²) in [6.07, 6.45) is 2.75. The van der Waals surface area contributed by atoms with Crippen molar-refractivity contribution in [2.45, 2.75) is 12.8 Å². The fourth-order valence-corrected chi connectivity index (χ4v) is 1.38. The topological polar surface area (TPSA) is 26.3 Å². The third kappa shape index (κ3) is 1.50. The predicted molar refractivity (Wildman–Crippen MR) is 39.3 cm³/mol. The van der Waals surface area contributed by atoms with E-state index >= 15 is 0 Å². The second kappa shape index (κ2) is 3.35. The highest BCUT2D eigenvalue weighted by Gasteiger charge is 2.31. The minimum absolute atomic E-state index is 0.375. The van der Waals surface area contributed by atoms with Gasteiger partial charge in [0, 0.05) is 12.5 Å². The molecule has 1 rings (SSSR count). The largest absolute Gasteiger partial charge is 0.380 e. The van der Waals surface area contributed by atoms with Crippen molar-refractivity contribution in [2.75, 3.05) is 19.1 Å². The van der Waals surface area contributed by atoms with Crippen LogP contribution in [0.1, 0.15) is 12.8 Å². The second-order valence-electron chi connectivity index (χ2n) is 2.77. The number of aldehydes is 1. The Morgan fingerprint density at radius 3 is 2.80 bits per heavy atom. The molecule has 0 amide bonds. The highest BCUT2D eigenvalue weighted by atomic mass is 35.5. The summed E-state index contributed by atoms with van der Waals surface area (Å²) < 4.78 is 5.15. The molecule has 1 aliphatic heterocycles. The summed E-state index contributed by atoms with van der Waals surface area (Å²) in [5.74, 6) is 0.385. The molecule has 0 spiro atoms. The van der Waals surface area contributed by atoms with Gasteiger partial charge in [0.15, 0.2) is 0 Å². The van der Waals surface area contributed by atoms with Crippen molar-refractivity contribution in [3.05, 3.63) is 0 Å². The van der Waals surface area contributed by atoms with Crippen molar-refractivity contribution < 1.29 is 9.53 Å². The summed E-state index contributed by atoms with van der Waals surface area (Å²) in [6, 6.07) is 0. The van der Waals surface area contributed by atoms with E-state index in [0.29, 0.717) is 12.5 Å². The standard InChI is InChI=1S/C7H11ClO2/c8-4-7(5-9)2-1-3-10-6-7/h5H,1-4,6H2. The Morgan fingerprint density at radius 2 is 2.50 bits per heavy atom. The van der Waals surface area contributed by atoms with E-state index in [2.05, 4.69) is 0 Å². The van der Waals surface area contributed by atoms with Crippen LogP contribution in [0.2, 0.25) is 0 Å². The molecule has 0 N–H and O–H groups in total. The van der Waals surface area contributed by atoms with E-state index in [0.717, 1.165) is 25.7 Å². The Balaban J connectivity index is 2.52. The average Bonchev–Trinajstić information content (AvgIpc) is 2.06. The van der Waals surface area contributed by atoms with Crippen molar-refractivity contribution in [2.24, 2.45) is 5.41 Å². The third-order valence-electron chi connectivity index (χ3n) is 1.87. The van der Waals surface area contributed by atoms with Gasteiger partial charge in [0.2, 0.25) is 0 Å². The highest BCUT2D eigenvalue weighted by molar-refractivity contribution is 6.19. The van der Waals surface area contributed by atoms with Crippen molar-refractivity contribution in [1.29, 1.82) is 0 Å². The molecule has 0 bridgehead atoms. The Bertz CT molecular complexity index is 119. The lowest BCUT2D eigenvalue weighted by Gasteiger charge is -2.29. The van der Waals surface area contributed by atoms with Crippen LogP contribution in [0.3, 0.4) is 0 Å². The van der Waals surface area contributed by atoms with Gasteiger partial charge in [-0.1, -0.05) is 0 Å². The average molecular weight is 163 g/mol. The van der Waals surface area contributed by atoms with E-state index in [1.165, 1.54) is 0 Å². The van der Waals surface area contributed by atoms with Gasteiger partial charge in [-0.15, -0.1) is 11.6 Å². The van der Waals surface area contributed by atoms with E-state index in [1.807, 2.05) is 0 Å². The van der Waals surface area contributed by atoms with Crippen LogP contribution in [-0.2, 0) is 9.53 Å². The maximum atomic E-state index is 10.5. The van der Waals surface area contributed by atoms with Gasteiger partial charge in [-0.2, -0.15) is 0 Å². The molecule has 0 aromatic heterocycles. The maximum absolute atomic E-state index is 10.5. The van der Waals surface area contributed by atoms with Gasteiger partial charge in [0.05, 0.1) is 12.0 Å². The smallest absolute Gasteiger partial charge is 0.129 e. The molecule has 0 aromatic carbocycles. The lowest BCUT2D eigenvalue weighted by atomic mass is 9.86. The molecule has 1 aliphatic rings. The Morgan fingerprint density at radius 1 is 1.70 bits per heavy atom. The maximum Gasteiger partial charge on any atom is 0.129 e. The van der Waals surface area contributed by atoms with E-state index < -0.39 is 0 Å². The minimum atomic E-state index is -0.375. The summed E-state index contributed by atoms with van der Waals surface area (Å²) >= 11 is 5.63. The van der Waals surface area contributed by atoms with Gasteiger partial charge in [0.1, 0.15) is 6.29 Å². The van der Waals surface area contributed by atoms with Gasteiger partial charge in [-0.05, 0) is 12.8 Å². The van der Waals surface area contributed by atoms with E-state index in [4.69, 9.17) is 16.3 Å². The molecule has 1 heterocycles. The van der Waals surface area contributed by atoms with Gasteiger partial charge >= 0.3 is 0 Å². The molecule has 0 aromatic rings. The van der Waals surface area contributed by atoms with Crippen LogP contribution in [0.4, 0.5) is 0 Å². The molecule has 0 radical (unpaired) electrons. The molecule has 0 saturated carbocycles. The molecule has 58 valence electrons. The number of carbonyl (C=O) groups is 1. The molecular formula is C7H11ClO2. The van der Waals surface area contributed by atoms with Crippen LogP contribution < -0.4 is 0 Å². The number of alkyl halides is 1. The van der Waals surface area contributed by atoms with Crippen LogP contribution in [0, 0.1) is 5.41 Å². The van der Waals surface area contributed by atoms with Crippen LogP contribution in [0.5, 0.6) is 0 Å². The molecule has 2 nitrogen and oxygen atoms in total. The zero-order valence-corrected chi connectivity index (χ0v) is 6.56. The molecule has 1 saturated heterocycles. The second-order valence-corrected chi connectivity index (χ2v) is 3.04. The van der Waals surface area contributed by atoms with Gasteiger partial charge in [-0.25, -0.2) is 0 Å². The first-order chi connectivity index (χ1) is 4.83. The zero-order chi connectivity index (χ0) is 7.45. The predicted octanol–water partition coefficient (Wildman–Crippen LogP) is 1.22. The lowest BCUT2D eigenvalue weighted by Crippen LogP contribution is -2.34. The van der Waals surface area contributed by atoms with E-state index in [-0.39, 0.29) is 5.41 Å². The van der Waals surface area contributed by atoms with Crippen LogP contribution in [-0.4, -0.2) is 25.4 Å². The number of hydrogen-bond acceptors (Lipinski definition) is 2. The number of ether oxygens (including phenoxy) is 1. The molecule has 1 fully saturated rings. The van der Waals surface area contributed by atoms with Gasteiger partial charge in [-0.3, -0.25) is 0 Å². The monoisotopic (exact) mass is 162 g/mol. The number of hydrogen-bond donors (Lipinski definition) is 0. The van der Waals surface area contributed by atoms with E-state index in [9.17, 15) is 4.79 Å². The molecule has 10 heavy (non-hydrogen) atoms.